The molecule has 1 aliphatic heterocycles. The lowest BCUT2D eigenvalue weighted by Crippen LogP contribution is -2.47. The molecule has 1 saturated heterocycles. The predicted molar refractivity (Wildman–Crippen MR) is 97.1 cm³/mol. The molecule has 1 saturated carbocycles. The number of amides is 2. The average Bonchev–Trinajstić information content (AvgIpc) is 3.24. The van der Waals surface area contributed by atoms with E-state index in [-0.39, 0.29) is 17.7 Å². The molecule has 1 aromatic rings. The zero-order valence-corrected chi connectivity index (χ0v) is 15.6. The summed E-state index contributed by atoms with van der Waals surface area (Å²) in [5.41, 5.74) is -0.403. The Labute approximate surface area is 149 Å². The van der Waals surface area contributed by atoms with Gasteiger partial charge in [-0.3, -0.25) is 9.59 Å². The first kappa shape index (κ1) is 18.0. The van der Waals surface area contributed by atoms with Crippen molar-refractivity contribution >= 4 is 17.6 Å². The van der Waals surface area contributed by atoms with E-state index in [1.165, 1.54) is 12.8 Å². The number of likely N-dealkylation sites (tertiary alicyclic amines) is 1. The maximum Gasteiger partial charge on any atom is 0.230 e. The van der Waals surface area contributed by atoms with E-state index in [9.17, 15) is 9.59 Å². The second-order valence-electron chi connectivity index (χ2n) is 8.43. The molecule has 1 N–H and O–H groups in total. The van der Waals surface area contributed by atoms with E-state index in [0.717, 1.165) is 38.0 Å². The molecule has 0 unspecified atom stereocenters. The van der Waals surface area contributed by atoms with E-state index in [4.69, 9.17) is 0 Å². The van der Waals surface area contributed by atoms with Gasteiger partial charge in [0, 0.05) is 24.6 Å². The van der Waals surface area contributed by atoms with Gasteiger partial charge >= 0.3 is 0 Å². The number of rotatable bonds is 3. The average molecular weight is 346 g/mol. The molecule has 2 fully saturated rings. The smallest absolute Gasteiger partial charge is 0.230 e. The molecule has 6 heteroatoms. The Bertz CT molecular complexity index is 626. The minimum Gasteiger partial charge on any atom is -0.341 e. The van der Waals surface area contributed by atoms with Crippen molar-refractivity contribution in [2.24, 2.45) is 11.3 Å². The molecule has 1 aliphatic carbocycles. The van der Waals surface area contributed by atoms with Crippen LogP contribution >= 0.6 is 0 Å². The molecule has 2 aliphatic rings. The fourth-order valence-electron chi connectivity index (χ4n) is 3.93. The predicted octanol–water partition coefficient (Wildman–Crippen LogP) is 3.22. The van der Waals surface area contributed by atoms with E-state index >= 15 is 0 Å². The Kier molecular flexibility index (Phi) is 5.16. The number of carbonyl (C=O) groups excluding carboxylic acids is 2. The fraction of sp³-hybridized carbons (Fsp3) is 0.737. The summed E-state index contributed by atoms with van der Waals surface area (Å²) >= 11 is 0. The molecule has 2 amide bonds. The van der Waals surface area contributed by atoms with Crippen molar-refractivity contribution < 1.29 is 9.59 Å². The van der Waals surface area contributed by atoms with Crippen molar-refractivity contribution in [2.75, 3.05) is 18.4 Å². The van der Waals surface area contributed by atoms with Crippen LogP contribution in [0.3, 0.4) is 0 Å². The zero-order chi connectivity index (χ0) is 18.0. The fourth-order valence-corrected chi connectivity index (χ4v) is 3.93. The van der Waals surface area contributed by atoms with E-state index in [2.05, 4.69) is 10.4 Å². The van der Waals surface area contributed by atoms with Crippen LogP contribution in [0.5, 0.6) is 0 Å². The van der Waals surface area contributed by atoms with Crippen molar-refractivity contribution in [1.29, 1.82) is 0 Å². The van der Waals surface area contributed by atoms with E-state index < -0.39 is 5.41 Å². The first-order valence-electron chi connectivity index (χ1n) is 9.50. The second kappa shape index (κ2) is 7.18. The van der Waals surface area contributed by atoms with Gasteiger partial charge in [0.25, 0.3) is 0 Å². The quantitative estimate of drug-likeness (QED) is 0.914. The van der Waals surface area contributed by atoms with Crippen molar-refractivity contribution in [1.82, 2.24) is 14.7 Å². The molecule has 25 heavy (non-hydrogen) atoms. The Hall–Kier alpha value is -1.85. The summed E-state index contributed by atoms with van der Waals surface area (Å²) in [7, 11) is 0. The first-order chi connectivity index (χ1) is 11.9. The summed E-state index contributed by atoms with van der Waals surface area (Å²) in [6, 6.07) is 2.27. The molecule has 3 rings (SSSR count). The van der Waals surface area contributed by atoms with Gasteiger partial charge in [0.1, 0.15) is 5.82 Å². The SMILES string of the molecule is CC(C)(C)C(=O)N1CCC[C@H](C(=O)Nc2ccnn2C2CCCC2)C1. The lowest BCUT2D eigenvalue weighted by atomic mass is 9.91. The molecule has 6 nitrogen and oxygen atoms in total. The van der Waals surface area contributed by atoms with Gasteiger partial charge in [0.15, 0.2) is 0 Å². The third kappa shape index (κ3) is 4.05. The van der Waals surface area contributed by atoms with Crippen LogP contribution in [0, 0.1) is 11.3 Å². The van der Waals surface area contributed by atoms with Crippen LogP contribution in [0.2, 0.25) is 0 Å². The number of piperidine rings is 1. The normalized spacial score (nSPS) is 22.2. The molecule has 2 heterocycles. The van der Waals surface area contributed by atoms with Gasteiger partial charge in [-0.05, 0) is 25.7 Å². The second-order valence-corrected chi connectivity index (χ2v) is 8.43. The highest BCUT2D eigenvalue weighted by atomic mass is 16.2. The van der Waals surface area contributed by atoms with Crippen LogP contribution in [0.15, 0.2) is 12.3 Å². The third-order valence-corrected chi connectivity index (χ3v) is 5.31. The molecule has 0 spiro atoms. The van der Waals surface area contributed by atoms with Crippen LogP contribution < -0.4 is 5.32 Å². The van der Waals surface area contributed by atoms with Crippen molar-refractivity contribution in [3.05, 3.63) is 12.3 Å². The minimum atomic E-state index is -0.403. The van der Waals surface area contributed by atoms with E-state index in [0.29, 0.717) is 12.6 Å². The number of nitrogens with one attached hydrogen (secondary N) is 1. The van der Waals surface area contributed by atoms with Crippen LogP contribution in [0.1, 0.15) is 65.3 Å². The molecular formula is C19H30N4O2. The van der Waals surface area contributed by atoms with Crippen LogP contribution in [0.4, 0.5) is 5.82 Å². The van der Waals surface area contributed by atoms with Crippen molar-refractivity contribution in [3.8, 4) is 0 Å². The highest BCUT2D eigenvalue weighted by molar-refractivity contribution is 5.92. The first-order valence-corrected chi connectivity index (χ1v) is 9.50. The van der Waals surface area contributed by atoms with Gasteiger partial charge in [-0.25, -0.2) is 4.68 Å². The third-order valence-electron chi connectivity index (χ3n) is 5.31. The summed E-state index contributed by atoms with van der Waals surface area (Å²) in [5.74, 6) is 0.773. The number of nitrogens with zero attached hydrogens (tertiary/aromatic N) is 3. The van der Waals surface area contributed by atoms with Gasteiger partial charge in [-0.1, -0.05) is 33.6 Å². The maximum atomic E-state index is 12.8. The van der Waals surface area contributed by atoms with Gasteiger partial charge in [-0.2, -0.15) is 5.10 Å². The van der Waals surface area contributed by atoms with Crippen LogP contribution in [-0.4, -0.2) is 39.6 Å². The molecule has 1 atom stereocenters. The Balaban J connectivity index is 1.63. The molecular weight excluding hydrogens is 316 g/mol. The number of carbonyl (C=O) groups is 2. The topological polar surface area (TPSA) is 67.2 Å². The number of hydrogen-bond donors (Lipinski definition) is 1. The van der Waals surface area contributed by atoms with E-state index in [1.807, 2.05) is 36.4 Å². The number of hydrogen-bond acceptors (Lipinski definition) is 3. The minimum absolute atomic E-state index is 0.00570. The number of anilines is 1. The summed E-state index contributed by atoms with van der Waals surface area (Å²) < 4.78 is 1.96. The lowest BCUT2D eigenvalue weighted by molar-refractivity contribution is -0.142. The van der Waals surface area contributed by atoms with Gasteiger partial charge in [0.05, 0.1) is 18.2 Å². The summed E-state index contributed by atoms with van der Waals surface area (Å²) in [5, 5.41) is 7.47. The van der Waals surface area contributed by atoms with Crippen molar-refractivity contribution in [3.63, 3.8) is 0 Å². The van der Waals surface area contributed by atoms with Crippen LogP contribution in [0.25, 0.3) is 0 Å². The van der Waals surface area contributed by atoms with Crippen molar-refractivity contribution in [2.45, 2.75) is 65.3 Å². The highest BCUT2D eigenvalue weighted by Gasteiger charge is 2.33. The Morgan fingerprint density at radius 2 is 1.88 bits per heavy atom. The van der Waals surface area contributed by atoms with Gasteiger partial charge in [-0.15, -0.1) is 0 Å². The maximum absolute atomic E-state index is 12.8. The van der Waals surface area contributed by atoms with Gasteiger partial charge < -0.3 is 10.2 Å². The Morgan fingerprint density at radius 3 is 2.56 bits per heavy atom. The van der Waals surface area contributed by atoms with Gasteiger partial charge in [0.2, 0.25) is 11.8 Å². The van der Waals surface area contributed by atoms with E-state index in [1.54, 1.807) is 6.20 Å². The molecule has 0 bridgehead atoms. The molecule has 1 aromatic heterocycles. The molecule has 0 aromatic carbocycles. The molecule has 0 radical (unpaired) electrons. The summed E-state index contributed by atoms with van der Waals surface area (Å²) in [6.07, 6.45) is 8.17. The van der Waals surface area contributed by atoms with Crippen LogP contribution in [-0.2, 0) is 9.59 Å². The Morgan fingerprint density at radius 1 is 1.16 bits per heavy atom. The summed E-state index contributed by atoms with van der Waals surface area (Å²) in [6.45, 7) is 7.05. The number of aromatic nitrogens is 2. The monoisotopic (exact) mass is 346 g/mol. The lowest BCUT2D eigenvalue weighted by Gasteiger charge is -2.35. The highest BCUT2D eigenvalue weighted by Crippen LogP contribution is 2.31. The molecule has 138 valence electrons. The standard InChI is InChI=1S/C19H30N4O2/c1-19(2,3)18(25)22-12-6-7-14(13-22)17(24)21-16-10-11-20-23(16)15-8-4-5-9-15/h10-11,14-15H,4-9,12-13H2,1-3H3,(H,21,24)/t14-/m0/s1. The summed E-state index contributed by atoms with van der Waals surface area (Å²) in [4.78, 5) is 27.1. The zero-order valence-electron chi connectivity index (χ0n) is 15.6. The largest absolute Gasteiger partial charge is 0.341 e.